The predicted molar refractivity (Wildman–Crippen MR) is 118 cm³/mol. The van der Waals surface area contributed by atoms with Gasteiger partial charge in [-0.1, -0.05) is 47.2 Å². The molecule has 0 amide bonds. The Hall–Kier alpha value is -3.15. The van der Waals surface area contributed by atoms with E-state index in [0.29, 0.717) is 10.8 Å². The van der Waals surface area contributed by atoms with E-state index in [4.69, 9.17) is 21.3 Å². The molecule has 3 aromatic carbocycles. The van der Waals surface area contributed by atoms with Gasteiger partial charge in [-0.15, -0.1) is 0 Å². The van der Waals surface area contributed by atoms with E-state index in [1.807, 2.05) is 60.7 Å². The van der Waals surface area contributed by atoms with Crippen molar-refractivity contribution >= 4 is 44.4 Å². The molecule has 0 radical (unpaired) electrons. The Bertz CT molecular complexity index is 1320. The third-order valence-electron chi connectivity index (χ3n) is 4.72. The fourth-order valence-corrected chi connectivity index (χ4v) is 4.58. The number of para-hydroxylation sites is 1. The van der Waals surface area contributed by atoms with Crippen LogP contribution in [0.5, 0.6) is 5.75 Å². The summed E-state index contributed by atoms with van der Waals surface area (Å²) in [5, 5.41) is 0.693. The first kappa shape index (κ1) is 17.9. The van der Waals surface area contributed by atoms with Crippen molar-refractivity contribution in [1.82, 2.24) is 9.38 Å². The Morgan fingerprint density at radius 2 is 1.69 bits per heavy atom. The lowest BCUT2D eigenvalue weighted by molar-refractivity contribution is -0.109. The van der Waals surface area contributed by atoms with Crippen molar-refractivity contribution in [2.45, 2.75) is 0 Å². The van der Waals surface area contributed by atoms with E-state index in [1.165, 1.54) is 4.70 Å². The maximum Gasteiger partial charge on any atom is 0.195 e. The summed E-state index contributed by atoms with van der Waals surface area (Å²) in [6, 6.07) is 23.8. The van der Waals surface area contributed by atoms with Gasteiger partial charge in [0, 0.05) is 16.1 Å². The second-order valence-corrected chi connectivity index (χ2v) is 7.95. The van der Waals surface area contributed by atoms with Crippen molar-refractivity contribution < 1.29 is 9.53 Å². The van der Waals surface area contributed by atoms with E-state index in [9.17, 15) is 4.79 Å². The van der Waals surface area contributed by atoms with Crippen molar-refractivity contribution in [2.75, 3.05) is 6.61 Å². The van der Waals surface area contributed by atoms with E-state index in [-0.39, 0.29) is 6.61 Å². The molecule has 0 saturated carbocycles. The molecule has 0 aliphatic rings. The molecule has 142 valence electrons. The SMILES string of the molecule is O=CCOc1ccc(-c2c(-c3ccc(Cl)cc3)nc3sc4ccccc4n23)cc1. The van der Waals surface area contributed by atoms with Gasteiger partial charge in [0.2, 0.25) is 0 Å². The Morgan fingerprint density at radius 1 is 0.966 bits per heavy atom. The third-order valence-corrected chi connectivity index (χ3v) is 5.99. The summed E-state index contributed by atoms with van der Waals surface area (Å²) in [6.07, 6.45) is 0.741. The molecule has 0 saturated heterocycles. The number of benzene rings is 3. The molecular weight excluding hydrogens is 404 g/mol. The summed E-state index contributed by atoms with van der Waals surface area (Å²) < 4.78 is 8.78. The summed E-state index contributed by atoms with van der Waals surface area (Å²) in [4.78, 5) is 16.5. The van der Waals surface area contributed by atoms with Crippen LogP contribution in [-0.2, 0) is 4.79 Å². The van der Waals surface area contributed by atoms with Gasteiger partial charge in [0.25, 0.3) is 0 Å². The van der Waals surface area contributed by atoms with Crippen LogP contribution in [0, 0.1) is 0 Å². The average molecular weight is 419 g/mol. The van der Waals surface area contributed by atoms with Gasteiger partial charge in [-0.3, -0.25) is 9.20 Å². The molecule has 0 atom stereocenters. The van der Waals surface area contributed by atoms with Gasteiger partial charge in [0.05, 0.1) is 21.6 Å². The second-order valence-electron chi connectivity index (χ2n) is 6.51. The van der Waals surface area contributed by atoms with Crippen molar-refractivity contribution in [3.63, 3.8) is 0 Å². The van der Waals surface area contributed by atoms with Crippen LogP contribution in [0.2, 0.25) is 5.02 Å². The predicted octanol–water partition coefficient (Wildman–Crippen LogP) is 6.11. The molecule has 2 heterocycles. The van der Waals surface area contributed by atoms with Crippen LogP contribution in [0.25, 0.3) is 37.7 Å². The number of carbonyl (C=O) groups is 1. The lowest BCUT2D eigenvalue weighted by Gasteiger charge is -2.08. The lowest BCUT2D eigenvalue weighted by Crippen LogP contribution is -1.97. The highest BCUT2D eigenvalue weighted by Crippen LogP contribution is 2.39. The number of nitrogens with zero attached hydrogens (tertiary/aromatic N) is 2. The largest absolute Gasteiger partial charge is 0.486 e. The number of aromatic nitrogens is 2. The molecule has 29 heavy (non-hydrogen) atoms. The Morgan fingerprint density at radius 3 is 2.45 bits per heavy atom. The Balaban J connectivity index is 1.75. The smallest absolute Gasteiger partial charge is 0.195 e. The Kier molecular flexibility index (Phi) is 4.54. The summed E-state index contributed by atoms with van der Waals surface area (Å²) >= 11 is 7.75. The highest BCUT2D eigenvalue weighted by molar-refractivity contribution is 7.23. The summed E-state index contributed by atoms with van der Waals surface area (Å²) in [5.41, 5.74) is 5.06. The minimum absolute atomic E-state index is 0.0431. The zero-order chi connectivity index (χ0) is 19.8. The van der Waals surface area contributed by atoms with Crippen molar-refractivity contribution in [2.24, 2.45) is 0 Å². The van der Waals surface area contributed by atoms with Crippen LogP contribution >= 0.6 is 22.9 Å². The van der Waals surface area contributed by atoms with E-state index >= 15 is 0 Å². The first-order valence-electron chi connectivity index (χ1n) is 9.07. The maximum absolute atomic E-state index is 10.6. The molecule has 4 nitrogen and oxygen atoms in total. The standard InChI is InChI=1S/C23H15ClN2O2S/c24-17-9-5-15(6-10-17)21-22(16-7-11-18(12-8-16)28-14-13-27)26-19-3-1-2-4-20(19)29-23(26)25-21/h1-13H,14H2. The van der Waals surface area contributed by atoms with Gasteiger partial charge in [0.15, 0.2) is 11.2 Å². The van der Waals surface area contributed by atoms with Crippen LogP contribution in [0.15, 0.2) is 72.8 Å². The molecule has 2 aromatic heterocycles. The minimum Gasteiger partial charge on any atom is -0.486 e. The van der Waals surface area contributed by atoms with Gasteiger partial charge in [0.1, 0.15) is 12.4 Å². The highest BCUT2D eigenvalue weighted by atomic mass is 35.5. The molecule has 0 fully saturated rings. The normalized spacial score (nSPS) is 11.2. The van der Waals surface area contributed by atoms with E-state index in [2.05, 4.69) is 16.5 Å². The quantitative estimate of drug-likeness (QED) is 0.323. The molecule has 0 spiro atoms. The van der Waals surface area contributed by atoms with Crippen LogP contribution in [0.1, 0.15) is 0 Å². The Labute approximate surface area is 176 Å². The molecule has 0 aliphatic carbocycles. The molecular formula is C23H15ClN2O2S. The first-order chi connectivity index (χ1) is 14.2. The number of ether oxygens (including phenoxy) is 1. The lowest BCUT2D eigenvalue weighted by atomic mass is 10.0. The molecule has 0 N–H and O–H groups in total. The molecule has 0 unspecified atom stereocenters. The molecule has 5 aromatic rings. The van der Waals surface area contributed by atoms with Crippen LogP contribution in [-0.4, -0.2) is 22.3 Å². The van der Waals surface area contributed by atoms with Gasteiger partial charge in [-0.2, -0.15) is 0 Å². The molecule has 0 bridgehead atoms. The fraction of sp³-hybridized carbons (Fsp3) is 0.0435. The maximum atomic E-state index is 10.6. The van der Waals surface area contributed by atoms with Gasteiger partial charge in [-0.05, 0) is 48.5 Å². The van der Waals surface area contributed by atoms with Crippen molar-refractivity contribution in [1.29, 1.82) is 0 Å². The van der Waals surface area contributed by atoms with E-state index < -0.39 is 0 Å². The average Bonchev–Trinajstić information content (AvgIpc) is 3.29. The van der Waals surface area contributed by atoms with Crippen LogP contribution in [0.3, 0.4) is 0 Å². The topological polar surface area (TPSA) is 43.6 Å². The monoisotopic (exact) mass is 418 g/mol. The summed E-state index contributed by atoms with van der Waals surface area (Å²) in [5.74, 6) is 0.657. The zero-order valence-electron chi connectivity index (χ0n) is 15.2. The fourth-order valence-electron chi connectivity index (χ4n) is 3.43. The number of aldehydes is 1. The van der Waals surface area contributed by atoms with Gasteiger partial charge < -0.3 is 4.74 Å². The van der Waals surface area contributed by atoms with Crippen molar-refractivity contribution in [3.8, 4) is 28.3 Å². The molecule has 5 rings (SSSR count). The van der Waals surface area contributed by atoms with Crippen LogP contribution < -0.4 is 4.74 Å². The van der Waals surface area contributed by atoms with Crippen molar-refractivity contribution in [3.05, 3.63) is 77.8 Å². The zero-order valence-corrected chi connectivity index (χ0v) is 16.8. The van der Waals surface area contributed by atoms with Crippen LogP contribution in [0.4, 0.5) is 0 Å². The highest BCUT2D eigenvalue weighted by Gasteiger charge is 2.19. The number of fused-ring (bicyclic) bond motifs is 3. The molecule has 0 aliphatic heterocycles. The first-order valence-corrected chi connectivity index (χ1v) is 10.3. The number of hydrogen-bond donors (Lipinski definition) is 0. The second kappa shape index (κ2) is 7.35. The van der Waals surface area contributed by atoms with Gasteiger partial charge in [-0.25, -0.2) is 4.98 Å². The number of hydrogen-bond acceptors (Lipinski definition) is 4. The van der Waals surface area contributed by atoms with E-state index in [0.717, 1.165) is 39.3 Å². The molecule has 6 heteroatoms. The number of rotatable bonds is 5. The van der Waals surface area contributed by atoms with Gasteiger partial charge >= 0.3 is 0 Å². The number of halogens is 1. The number of imidazole rings is 1. The third kappa shape index (κ3) is 3.18. The van der Waals surface area contributed by atoms with E-state index in [1.54, 1.807) is 11.3 Å². The summed E-state index contributed by atoms with van der Waals surface area (Å²) in [6.45, 7) is 0.0431. The summed E-state index contributed by atoms with van der Waals surface area (Å²) in [7, 11) is 0. The minimum atomic E-state index is 0.0431. The number of thiazole rings is 1. The number of carbonyl (C=O) groups excluding carboxylic acids is 1.